The van der Waals surface area contributed by atoms with E-state index in [0.717, 1.165) is 30.5 Å². The third kappa shape index (κ3) is 10.1. The number of halogens is 2. The van der Waals surface area contributed by atoms with Crippen molar-refractivity contribution in [3.8, 4) is 5.75 Å². The molecule has 2 aromatic carbocycles. The number of rotatable bonds is 8. The van der Waals surface area contributed by atoms with Crippen molar-refractivity contribution in [3.63, 3.8) is 0 Å². The minimum absolute atomic E-state index is 0.0666. The standard InChI is InChI=1S/C26H35F2N5O3.C7H8O3S/c1-16(2)36-26(34)32-8-6-18(7-9-32)17(3)15-35-20-11-30-25(31-12-20)33-13-22(24(29)14-33)21-10-19(27)4-5-23(21)28;1-6-2-4-7(5-3-6)11(8,9)10/h4-5,10-12,16-18,22,24H,6-9,13-15,29H2,1-3H3;2-5H,1H3,(H,8,9,10)/t17-,22+,24-;/m1./s1. The van der Waals surface area contributed by atoms with E-state index in [2.05, 4.69) is 16.9 Å². The van der Waals surface area contributed by atoms with Crippen LogP contribution in [-0.4, -0.2) is 78.9 Å². The van der Waals surface area contributed by atoms with Crippen molar-refractivity contribution in [1.82, 2.24) is 14.9 Å². The molecule has 14 heteroatoms. The summed E-state index contributed by atoms with van der Waals surface area (Å²) in [6.45, 7) is 10.5. The van der Waals surface area contributed by atoms with Crippen LogP contribution in [0.4, 0.5) is 19.5 Å². The second-order valence-corrected chi connectivity index (χ2v) is 13.8. The summed E-state index contributed by atoms with van der Waals surface area (Å²) in [6, 6.07) is 9.08. The van der Waals surface area contributed by atoms with Crippen molar-refractivity contribution in [3.05, 3.63) is 77.6 Å². The molecule has 256 valence electrons. The van der Waals surface area contributed by atoms with Gasteiger partial charge in [0.2, 0.25) is 5.95 Å². The third-order valence-corrected chi connectivity index (χ3v) is 9.26. The first kappa shape index (κ1) is 36.0. The first-order valence-corrected chi connectivity index (χ1v) is 17.0. The molecule has 2 aliphatic heterocycles. The van der Waals surface area contributed by atoms with Gasteiger partial charge in [-0.05, 0) is 81.3 Å². The summed E-state index contributed by atoms with van der Waals surface area (Å²) in [7, 11) is -4.02. The van der Waals surface area contributed by atoms with Crippen LogP contribution in [0.25, 0.3) is 0 Å². The Morgan fingerprint density at radius 3 is 2.28 bits per heavy atom. The normalized spacial score (nSPS) is 19.3. The number of anilines is 1. The van der Waals surface area contributed by atoms with E-state index >= 15 is 0 Å². The summed E-state index contributed by atoms with van der Waals surface area (Å²) in [5.74, 6) is 0.526. The van der Waals surface area contributed by atoms with E-state index in [-0.39, 0.29) is 34.6 Å². The maximum atomic E-state index is 14.3. The molecule has 11 nitrogen and oxygen atoms in total. The number of piperidine rings is 1. The Bertz CT molecular complexity index is 1590. The highest BCUT2D eigenvalue weighted by atomic mass is 32.2. The van der Waals surface area contributed by atoms with Gasteiger partial charge in [-0.1, -0.05) is 24.6 Å². The number of nitrogens with zero attached hydrogens (tertiary/aromatic N) is 4. The van der Waals surface area contributed by atoms with Gasteiger partial charge in [0.05, 0.1) is 30.0 Å². The van der Waals surface area contributed by atoms with E-state index in [1.54, 1.807) is 29.4 Å². The van der Waals surface area contributed by atoms with Crippen LogP contribution in [-0.2, 0) is 14.9 Å². The van der Waals surface area contributed by atoms with Crippen molar-refractivity contribution in [2.24, 2.45) is 17.6 Å². The summed E-state index contributed by atoms with van der Waals surface area (Å²) >= 11 is 0. The lowest BCUT2D eigenvalue weighted by molar-refractivity contribution is 0.0577. The number of carbonyl (C=O) groups excluding carboxylic acids is 1. The number of hydrogen-bond donors (Lipinski definition) is 2. The summed E-state index contributed by atoms with van der Waals surface area (Å²) < 4.78 is 68.7. The number of aryl methyl sites for hydroxylation is 1. The summed E-state index contributed by atoms with van der Waals surface area (Å²) in [5, 5.41) is 0. The second-order valence-electron chi connectivity index (χ2n) is 12.4. The van der Waals surface area contributed by atoms with Gasteiger partial charge >= 0.3 is 6.09 Å². The lowest BCUT2D eigenvalue weighted by atomic mass is 9.86. The van der Waals surface area contributed by atoms with Gasteiger partial charge in [0.25, 0.3) is 10.1 Å². The van der Waals surface area contributed by atoms with Crippen LogP contribution in [0.15, 0.2) is 59.8 Å². The number of nitrogens with two attached hydrogens (primary N) is 1. The zero-order valence-corrected chi connectivity index (χ0v) is 27.9. The number of benzene rings is 2. The SMILES string of the molecule is CC(C)OC(=O)N1CCC([C@H](C)COc2cnc(N3C[C@@H](N)[C@H](c4cc(F)ccc4F)C3)nc2)CC1.Cc1ccc(S(=O)(=O)O)cc1. The molecule has 0 aliphatic carbocycles. The van der Waals surface area contributed by atoms with Crippen LogP contribution in [0.5, 0.6) is 5.75 Å². The summed E-state index contributed by atoms with van der Waals surface area (Å²) in [4.78, 5) is 24.5. The van der Waals surface area contributed by atoms with E-state index in [0.29, 0.717) is 56.3 Å². The number of ether oxygens (including phenoxy) is 2. The van der Waals surface area contributed by atoms with E-state index in [4.69, 9.17) is 19.8 Å². The second kappa shape index (κ2) is 15.8. The number of hydrogen-bond acceptors (Lipinski definition) is 9. The Morgan fingerprint density at radius 2 is 1.68 bits per heavy atom. The molecule has 3 atom stereocenters. The predicted molar refractivity (Wildman–Crippen MR) is 173 cm³/mol. The largest absolute Gasteiger partial charge is 0.490 e. The molecule has 1 aromatic heterocycles. The molecule has 3 aromatic rings. The molecule has 3 heterocycles. The van der Waals surface area contributed by atoms with Crippen molar-refractivity contribution in [2.75, 3.05) is 37.7 Å². The topological polar surface area (TPSA) is 148 Å². The van der Waals surface area contributed by atoms with Gasteiger partial charge in [-0.25, -0.2) is 23.5 Å². The van der Waals surface area contributed by atoms with Gasteiger partial charge in [-0.15, -0.1) is 0 Å². The zero-order chi connectivity index (χ0) is 34.3. The molecule has 1 amide bonds. The van der Waals surface area contributed by atoms with Crippen LogP contribution < -0.4 is 15.4 Å². The number of amides is 1. The van der Waals surface area contributed by atoms with Gasteiger partial charge in [-0.2, -0.15) is 8.42 Å². The number of likely N-dealkylation sites (tertiary alicyclic amines) is 1. The van der Waals surface area contributed by atoms with Crippen molar-refractivity contribution >= 4 is 22.2 Å². The van der Waals surface area contributed by atoms with Crippen molar-refractivity contribution in [2.45, 2.75) is 63.5 Å². The molecule has 0 bridgehead atoms. The van der Waals surface area contributed by atoms with Crippen molar-refractivity contribution < 1.29 is 36.0 Å². The van der Waals surface area contributed by atoms with Crippen LogP contribution in [0.1, 0.15) is 50.7 Å². The molecule has 5 rings (SSSR count). The molecule has 0 unspecified atom stereocenters. The molecule has 2 fully saturated rings. The Morgan fingerprint density at radius 1 is 1.04 bits per heavy atom. The molecule has 47 heavy (non-hydrogen) atoms. The Kier molecular flexibility index (Phi) is 12.1. The maximum absolute atomic E-state index is 14.3. The minimum atomic E-state index is -4.02. The zero-order valence-electron chi connectivity index (χ0n) is 27.1. The van der Waals surface area contributed by atoms with Crippen LogP contribution in [0, 0.1) is 30.4 Å². The molecular weight excluding hydrogens is 632 g/mol. The summed E-state index contributed by atoms with van der Waals surface area (Å²) in [5.41, 5.74) is 7.48. The van der Waals surface area contributed by atoms with Crippen LogP contribution in [0.3, 0.4) is 0 Å². The maximum Gasteiger partial charge on any atom is 0.410 e. The molecule has 0 saturated carbocycles. The minimum Gasteiger partial charge on any atom is -0.490 e. The number of aromatic nitrogens is 2. The highest BCUT2D eigenvalue weighted by Crippen LogP contribution is 2.31. The summed E-state index contributed by atoms with van der Waals surface area (Å²) in [6.07, 6.45) is 4.72. The average Bonchev–Trinajstić information content (AvgIpc) is 3.42. The fraction of sp³-hybridized carbons (Fsp3) is 0.485. The van der Waals surface area contributed by atoms with E-state index in [1.165, 1.54) is 18.2 Å². The highest BCUT2D eigenvalue weighted by Gasteiger charge is 2.34. The molecule has 2 saturated heterocycles. The number of carbonyl (C=O) groups is 1. The smallest absolute Gasteiger partial charge is 0.410 e. The van der Waals surface area contributed by atoms with E-state index < -0.39 is 21.8 Å². The molecule has 0 spiro atoms. The van der Waals surface area contributed by atoms with Crippen LogP contribution >= 0.6 is 0 Å². The Balaban J connectivity index is 0.000000385. The first-order valence-electron chi connectivity index (χ1n) is 15.6. The predicted octanol–water partition coefficient (Wildman–Crippen LogP) is 5.20. The monoisotopic (exact) mass is 675 g/mol. The molecule has 0 radical (unpaired) electrons. The lowest BCUT2D eigenvalue weighted by Crippen LogP contribution is -2.41. The molecular formula is C33H43F2N5O6S. The third-order valence-electron chi connectivity index (χ3n) is 8.39. The average molecular weight is 676 g/mol. The van der Waals surface area contributed by atoms with Crippen molar-refractivity contribution in [1.29, 1.82) is 0 Å². The van der Waals surface area contributed by atoms with Gasteiger partial charge in [0, 0.05) is 38.1 Å². The Labute approximate surface area is 274 Å². The van der Waals surface area contributed by atoms with Gasteiger partial charge in [-0.3, -0.25) is 4.55 Å². The molecule has 3 N–H and O–H groups in total. The van der Waals surface area contributed by atoms with E-state index in [9.17, 15) is 22.0 Å². The fourth-order valence-corrected chi connectivity index (χ4v) is 6.15. The Hall–Kier alpha value is -3.88. The van der Waals surface area contributed by atoms with Gasteiger partial charge < -0.3 is 25.0 Å². The van der Waals surface area contributed by atoms with Gasteiger partial charge in [0.15, 0.2) is 5.75 Å². The lowest BCUT2D eigenvalue weighted by Gasteiger charge is -2.34. The highest BCUT2D eigenvalue weighted by molar-refractivity contribution is 7.85. The van der Waals surface area contributed by atoms with Gasteiger partial charge in [0.1, 0.15) is 11.6 Å². The molecule has 2 aliphatic rings. The first-order chi connectivity index (χ1) is 22.2. The van der Waals surface area contributed by atoms with Crippen LogP contribution in [0.2, 0.25) is 0 Å². The quantitative estimate of drug-likeness (QED) is 0.305. The fourth-order valence-electron chi connectivity index (χ4n) is 5.67. The van der Waals surface area contributed by atoms with E-state index in [1.807, 2.05) is 25.7 Å².